The van der Waals surface area contributed by atoms with Gasteiger partial charge in [-0.1, -0.05) is 30.3 Å². The zero-order chi connectivity index (χ0) is 21.1. The molecule has 0 aliphatic carbocycles. The molecule has 1 amide bonds. The molecule has 0 saturated carbocycles. The molecule has 8 heteroatoms. The fraction of sp³-hybridized carbons (Fsp3) is 0.182. The summed E-state index contributed by atoms with van der Waals surface area (Å²) in [6.07, 6.45) is -0.569. The van der Waals surface area contributed by atoms with E-state index in [2.05, 4.69) is 15.4 Å². The molecule has 30 heavy (non-hydrogen) atoms. The molecule has 152 valence electrons. The number of nitrogens with one attached hydrogen (secondary N) is 1. The van der Waals surface area contributed by atoms with Crippen LogP contribution in [0.25, 0.3) is 22.4 Å². The number of rotatable bonds is 5. The first kappa shape index (κ1) is 19.4. The number of anilines is 1. The summed E-state index contributed by atoms with van der Waals surface area (Å²) in [4.78, 5) is 28.4. The van der Waals surface area contributed by atoms with Crippen LogP contribution in [0.1, 0.15) is 18.3 Å². The molecule has 0 unspecified atom stereocenters. The van der Waals surface area contributed by atoms with Crippen molar-refractivity contribution in [1.29, 1.82) is 0 Å². The van der Waals surface area contributed by atoms with E-state index in [1.807, 2.05) is 37.3 Å². The predicted molar refractivity (Wildman–Crippen MR) is 112 cm³/mol. The number of carbonyl (C=O) groups excluding carboxylic acids is 1. The van der Waals surface area contributed by atoms with Crippen LogP contribution in [0.3, 0.4) is 0 Å². The van der Waals surface area contributed by atoms with Gasteiger partial charge in [-0.2, -0.15) is 5.10 Å². The lowest BCUT2D eigenvalue weighted by atomic mass is 10.1. The lowest BCUT2D eigenvalue weighted by molar-refractivity contribution is 0.168. The first-order valence-corrected chi connectivity index (χ1v) is 9.51. The van der Waals surface area contributed by atoms with Gasteiger partial charge < -0.3 is 9.15 Å². The van der Waals surface area contributed by atoms with Gasteiger partial charge in [0.05, 0.1) is 13.2 Å². The Kier molecular flexibility index (Phi) is 5.30. The van der Waals surface area contributed by atoms with Gasteiger partial charge in [0.15, 0.2) is 5.82 Å². The van der Waals surface area contributed by atoms with E-state index in [1.54, 1.807) is 29.8 Å². The zero-order valence-corrected chi connectivity index (χ0v) is 16.6. The molecule has 2 aromatic carbocycles. The number of nitrogens with zero attached hydrogens (tertiary/aromatic N) is 3. The van der Waals surface area contributed by atoms with Gasteiger partial charge in [0.1, 0.15) is 11.4 Å². The quantitative estimate of drug-likeness (QED) is 0.505. The normalized spacial score (nSPS) is 10.9. The van der Waals surface area contributed by atoms with Crippen molar-refractivity contribution in [3.05, 3.63) is 76.4 Å². The SMILES string of the molecule is CCOC(=O)Nc1ccc2c(Cn3nc(C)nc3-c3ccccc3)cc(=O)oc2c1. The Bertz CT molecular complexity index is 1260. The van der Waals surface area contributed by atoms with Gasteiger partial charge in [-0.15, -0.1) is 0 Å². The van der Waals surface area contributed by atoms with Gasteiger partial charge in [0, 0.05) is 28.8 Å². The predicted octanol–water partition coefficient (Wildman–Crippen LogP) is 3.98. The summed E-state index contributed by atoms with van der Waals surface area (Å²) < 4.78 is 12.0. The second-order valence-electron chi connectivity index (χ2n) is 6.65. The van der Waals surface area contributed by atoms with Crippen molar-refractivity contribution < 1.29 is 13.9 Å². The first-order valence-electron chi connectivity index (χ1n) is 9.51. The molecule has 0 bridgehead atoms. The van der Waals surface area contributed by atoms with E-state index in [0.717, 1.165) is 22.3 Å². The van der Waals surface area contributed by atoms with Crippen LogP contribution in [0.15, 0.2) is 63.8 Å². The van der Waals surface area contributed by atoms with E-state index < -0.39 is 11.7 Å². The highest BCUT2D eigenvalue weighted by atomic mass is 16.5. The molecule has 4 aromatic rings. The van der Waals surface area contributed by atoms with Gasteiger partial charge in [-0.3, -0.25) is 5.32 Å². The maximum Gasteiger partial charge on any atom is 0.411 e. The molecule has 4 rings (SSSR count). The van der Waals surface area contributed by atoms with Crippen molar-refractivity contribution in [1.82, 2.24) is 14.8 Å². The van der Waals surface area contributed by atoms with Gasteiger partial charge in [0.2, 0.25) is 0 Å². The Labute approximate surface area is 172 Å². The van der Waals surface area contributed by atoms with Crippen molar-refractivity contribution >= 4 is 22.7 Å². The Morgan fingerprint density at radius 3 is 2.73 bits per heavy atom. The van der Waals surface area contributed by atoms with E-state index in [4.69, 9.17) is 9.15 Å². The first-order chi connectivity index (χ1) is 14.5. The number of benzene rings is 2. The molecule has 0 spiro atoms. The average molecular weight is 404 g/mol. The monoisotopic (exact) mass is 404 g/mol. The molecular weight excluding hydrogens is 384 g/mol. The minimum Gasteiger partial charge on any atom is -0.450 e. The third-order valence-corrected chi connectivity index (χ3v) is 4.48. The Morgan fingerprint density at radius 2 is 1.97 bits per heavy atom. The van der Waals surface area contributed by atoms with E-state index in [1.165, 1.54) is 6.07 Å². The molecule has 0 radical (unpaired) electrons. The largest absolute Gasteiger partial charge is 0.450 e. The molecule has 0 saturated heterocycles. The molecule has 0 fully saturated rings. The van der Waals surface area contributed by atoms with Crippen molar-refractivity contribution in [2.45, 2.75) is 20.4 Å². The van der Waals surface area contributed by atoms with Crippen molar-refractivity contribution in [3.8, 4) is 11.4 Å². The summed E-state index contributed by atoms with van der Waals surface area (Å²) >= 11 is 0. The summed E-state index contributed by atoms with van der Waals surface area (Å²) in [5.41, 5.74) is 2.04. The van der Waals surface area contributed by atoms with E-state index in [-0.39, 0.29) is 6.61 Å². The van der Waals surface area contributed by atoms with Gasteiger partial charge >= 0.3 is 11.7 Å². The highest BCUT2D eigenvalue weighted by Gasteiger charge is 2.14. The van der Waals surface area contributed by atoms with Gasteiger partial charge in [-0.05, 0) is 31.5 Å². The summed E-state index contributed by atoms with van der Waals surface area (Å²) in [5, 5.41) is 7.85. The van der Waals surface area contributed by atoms with E-state index in [9.17, 15) is 9.59 Å². The van der Waals surface area contributed by atoms with Crippen LogP contribution in [0, 0.1) is 6.92 Å². The van der Waals surface area contributed by atoms with E-state index in [0.29, 0.717) is 23.6 Å². The number of amides is 1. The standard InChI is InChI=1S/C22H20N4O4/c1-3-29-22(28)24-17-9-10-18-16(11-20(27)30-19(18)12-17)13-26-21(23-14(2)25-26)15-7-5-4-6-8-15/h4-12H,3,13H2,1-2H3,(H,24,28). The highest BCUT2D eigenvalue weighted by Crippen LogP contribution is 2.24. The molecule has 0 aliphatic rings. The molecule has 0 atom stereocenters. The summed E-state index contributed by atoms with van der Waals surface area (Å²) in [5.74, 6) is 1.36. The van der Waals surface area contributed by atoms with Crippen LogP contribution < -0.4 is 10.9 Å². The maximum absolute atomic E-state index is 12.2. The summed E-state index contributed by atoms with van der Waals surface area (Å²) in [7, 11) is 0. The molecular formula is C22H20N4O4. The lowest BCUT2D eigenvalue weighted by Crippen LogP contribution is -2.13. The fourth-order valence-corrected chi connectivity index (χ4v) is 3.25. The second kappa shape index (κ2) is 8.20. The van der Waals surface area contributed by atoms with Crippen molar-refractivity contribution in [3.63, 3.8) is 0 Å². The maximum atomic E-state index is 12.2. The lowest BCUT2D eigenvalue weighted by Gasteiger charge is -2.10. The van der Waals surface area contributed by atoms with E-state index >= 15 is 0 Å². The minimum absolute atomic E-state index is 0.264. The van der Waals surface area contributed by atoms with Crippen molar-refractivity contribution in [2.75, 3.05) is 11.9 Å². The average Bonchev–Trinajstić information content (AvgIpc) is 3.08. The van der Waals surface area contributed by atoms with Crippen LogP contribution in [-0.4, -0.2) is 27.5 Å². The molecule has 0 aliphatic heterocycles. The van der Waals surface area contributed by atoms with Gasteiger partial charge in [-0.25, -0.2) is 19.3 Å². The van der Waals surface area contributed by atoms with Crippen LogP contribution >= 0.6 is 0 Å². The fourth-order valence-electron chi connectivity index (χ4n) is 3.25. The van der Waals surface area contributed by atoms with Crippen LogP contribution in [0.4, 0.5) is 10.5 Å². The number of aryl methyl sites for hydroxylation is 1. The molecule has 1 N–H and O–H groups in total. The smallest absolute Gasteiger partial charge is 0.411 e. The number of hydrogen-bond donors (Lipinski definition) is 1. The summed E-state index contributed by atoms with van der Waals surface area (Å²) in [6.45, 7) is 4.16. The van der Waals surface area contributed by atoms with Gasteiger partial charge in [0.25, 0.3) is 0 Å². The molecule has 8 nitrogen and oxygen atoms in total. The van der Waals surface area contributed by atoms with Crippen LogP contribution in [0.2, 0.25) is 0 Å². The van der Waals surface area contributed by atoms with Crippen LogP contribution in [-0.2, 0) is 11.3 Å². The molecule has 2 aromatic heterocycles. The Morgan fingerprint density at radius 1 is 1.17 bits per heavy atom. The minimum atomic E-state index is -0.569. The Balaban J connectivity index is 1.72. The number of hydrogen-bond acceptors (Lipinski definition) is 6. The van der Waals surface area contributed by atoms with Crippen LogP contribution in [0.5, 0.6) is 0 Å². The topological polar surface area (TPSA) is 99.2 Å². The second-order valence-corrected chi connectivity index (χ2v) is 6.65. The molecule has 2 heterocycles. The highest BCUT2D eigenvalue weighted by molar-refractivity contribution is 5.90. The third-order valence-electron chi connectivity index (χ3n) is 4.48. The summed E-state index contributed by atoms with van der Waals surface area (Å²) in [6, 6.07) is 16.3. The number of aromatic nitrogens is 3. The van der Waals surface area contributed by atoms with Crippen molar-refractivity contribution in [2.24, 2.45) is 0 Å². The number of carbonyl (C=O) groups is 1. The third kappa shape index (κ3) is 4.07. The zero-order valence-electron chi connectivity index (χ0n) is 16.6. The number of ether oxygens (including phenoxy) is 1. The number of fused-ring (bicyclic) bond motifs is 1. The Hall–Kier alpha value is -3.94.